The van der Waals surface area contributed by atoms with E-state index in [1.165, 1.54) is 19.8 Å². The monoisotopic (exact) mass is 416 g/mol. The lowest BCUT2D eigenvalue weighted by Crippen LogP contribution is -2.27. The fourth-order valence-corrected chi connectivity index (χ4v) is 4.34. The fourth-order valence-electron chi connectivity index (χ4n) is 4.34. The highest BCUT2D eigenvalue weighted by atomic mass is 16.5. The Labute approximate surface area is 179 Å². The van der Waals surface area contributed by atoms with Crippen LogP contribution in [-0.4, -0.2) is 30.0 Å². The maximum absolute atomic E-state index is 10.4. The van der Waals surface area contributed by atoms with Crippen molar-refractivity contribution in [3.8, 4) is 17.2 Å². The summed E-state index contributed by atoms with van der Waals surface area (Å²) in [5.74, 6) is 1.54. The molecule has 3 heterocycles. The van der Waals surface area contributed by atoms with Gasteiger partial charge < -0.3 is 19.6 Å². The van der Waals surface area contributed by atoms with Crippen LogP contribution in [0.1, 0.15) is 42.5 Å². The Morgan fingerprint density at radius 3 is 2.58 bits per heavy atom. The van der Waals surface area contributed by atoms with Crippen LogP contribution >= 0.6 is 0 Å². The Hall–Kier alpha value is -3.74. The van der Waals surface area contributed by atoms with E-state index in [2.05, 4.69) is 28.5 Å². The number of phenols is 1. The maximum atomic E-state index is 10.4. The van der Waals surface area contributed by atoms with Crippen molar-refractivity contribution < 1.29 is 14.6 Å². The van der Waals surface area contributed by atoms with Gasteiger partial charge in [-0.2, -0.15) is 5.10 Å². The largest absolute Gasteiger partial charge is 0.502 e. The Bertz CT molecular complexity index is 1300. The number of H-pyrrole nitrogens is 1. The summed E-state index contributed by atoms with van der Waals surface area (Å²) >= 11 is 0. The number of aromatic hydroxyl groups is 1. The van der Waals surface area contributed by atoms with E-state index in [0.717, 1.165) is 51.6 Å². The number of methoxy groups -OCH3 is 2. The molecule has 0 saturated heterocycles. The number of anilines is 1. The minimum absolute atomic E-state index is 0.0226. The molecule has 0 aliphatic carbocycles. The highest BCUT2D eigenvalue weighted by molar-refractivity contribution is 5.98. The second kappa shape index (κ2) is 7.50. The van der Waals surface area contributed by atoms with Crippen LogP contribution in [0.4, 0.5) is 5.82 Å². The molecule has 0 radical (unpaired) electrons. The van der Waals surface area contributed by atoms with E-state index in [1.807, 2.05) is 36.5 Å². The number of fused-ring (bicyclic) bond motifs is 1. The van der Waals surface area contributed by atoms with Gasteiger partial charge in [0.2, 0.25) is 5.75 Å². The molecular formula is C24H24N4O3. The van der Waals surface area contributed by atoms with Crippen molar-refractivity contribution in [3.05, 3.63) is 69.9 Å². The van der Waals surface area contributed by atoms with Gasteiger partial charge in [-0.05, 0) is 35.8 Å². The van der Waals surface area contributed by atoms with E-state index < -0.39 is 0 Å². The molecular weight excluding hydrogens is 392 g/mol. The number of para-hydroxylation sites is 1. The van der Waals surface area contributed by atoms with Crippen molar-refractivity contribution >= 4 is 17.1 Å². The molecule has 158 valence electrons. The zero-order valence-electron chi connectivity index (χ0n) is 17.7. The van der Waals surface area contributed by atoms with Crippen LogP contribution in [0.5, 0.6) is 17.2 Å². The number of hydrogen-bond donors (Lipinski definition) is 3. The van der Waals surface area contributed by atoms with E-state index in [1.54, 1.807) is 0 Å². The number of hydrazone groups is 1. The van der Waals surface area contributed by atoms with Gasteiger partial charge in [0.15, 0.2) is 11.5 Å². The van der Waals surface area contributed by atoms with E-state index >= 15 is 0 Å². The van der Waals surface area contributed by atoms with Crippen molar-refractivity contribution in [2.75, 3.05) is 19.6 Å². The molecule has 2 aliphatic rings. The molecule has 0 bridgehead atoms. The number of aromatic amines is 1. The molecule has 2 aromatic carbocycles. The number of benzene rings is 2. The second-order valence-corrected chi connectivity index (χ2v) is 7.62. The molecule has 0 saturated carbocycles. The van der Waals surface area contributed by atoms with E-state index in [9.17, 15) is 5.11 Å². The quantitative estimate of drug-likeness (QED) is 0.609. The molecule has 3 N–H and O–H groups in total. The maximum Gasteiger partial charge on any atom is 0.200 e. The number of rotatable bonds is 4. The molecule has 3 aromatic rings. The summed E-state index contributed by atoms with van der Waals surface area (Å²) in [7, 11) is 3.05. The van der Waals surface area contributed by atoms with E-state index in [0.29, 0.717) is 11.5 Å². The fraction of sp³-hybridized carbons (Fsp3) is 0.250. The first-order valence-electron chi connectivity index (χ1n) is 10.3. The number of phenolic OH excluding ortho intramolecular Hbond substituents is 1. The van der Waals surface area contributed by atoms with Gasteiger partial charge in [-0.1, -0.05) is 25.1 Å². The molecule has 1 unspecified atom stereocenters. The van der Waals surface area contributed by atoms with Crippen LogP contribution < -0.4 is 25.5 Å². The van der Waals surface area contributed by atoms with Crippen LogP contribution in [0.15, 0.2) is 52.7 Å². The molecule has 7 heteroatoms. The second-order valence-electron chi connectivity index (χ2n) is 7.62. The minimum atomic E-state index is -0.313. The summed E-state index contributed by atoms with van der Waals surface area (Å²) < 4.78 is 10.8. The van der Waals surface area contributed by atoms with Crippen LogP contribution in [0, 0.1) is 0 Å². The summed E-state index contributed by atoms with van der Waals surface area (Å²) in [6.07, 6.45) is 3.60. The van der Waals surface area contributed by atoms with E-state index in [-0.39, 0.29) is 11.8 Å². The number of hydrogen-bond acceptors (Lipinski definition) is 6. The Morgan fingerprint density at radius 2 is 1.87 bits per heavy atom. The lowest BCUT2D eigenvalue weighted by Gasteiger charge is -2.17. The van der Waals surface area contributed by atoms with Crippen molar-refractivity contribution in [1.29, 1.82) is 0 Å². The summed E-state index contributed by atoms with van der Waals surface area (Å²) in [6.45, 7) is 2.12. The summed E-state index contributed by atoms with van der Waals surface area (Å²) in [5.41, 5.74) is 8.50. The highest BCUT2D eigenvalue weighted by Crippen LogP contribution is 2.44. The molecule has 31 heavy (non-hydrogen) atoms. The first kappa shape index (κ1) is 19.2. The smallest absolute Gasteiger partial charge is 0.200 e. The van der Waals surface area contributed by atoms with Gasteiger partial charge in [0.05, 0.1) is 19.6 Å². The predicted molar refractivity (Wildman–Crippen MR) is 120 cm³/mol. The third-order valence-corrected chi connectivity index (χ3v) is 5.94. The van der Waals surface area contributed by atoms with Gasteiger partial charge in [-0.15, -0.1) is 0 Å². The Balaban J connectivity index is 1.81. The molecule has 7 nitrogen and oxygen atoms in total. The average molecular weight is 416 g/mol. The van der Waals surface area contributed by atoms with Crippen LogP contribution in [0.3, 0.4) is 0 Å². The first-order chi connectivity index (χ1) is 15.1. The predicted octanol–water partition coefficient (Wildman–Crippen LogP) is 3.24. The lowest BCUT2D eigenvalue weighted by molar-refractivity contribution is 0.339. The van der Waals surface area contributed by atoms with Crippen molar-refractivity contribution in [3.63, 3.8) is 0 Å². The van der Waals surface area contributed by atoms with Crippen LogP contribution in [-0.2, 0) is 0 Å². The lowest BCUT2D eigenvalue weighted by atomic mass is 9.91. The minimum Gasteiger partial charge on any atom is -0.502 e. The third-order valence-electron chi connectivity index (χ3n) is 5.94. The molecule has 0 fully saturated rings. The molecule has 0 spiro atoms. The number of ether oxygens (including phenoxy) is 2. The standard InChI is InChI=1S/C24H24N4O3/c1-4-14-11-16-15-7-5-6-8-18(15)26-22(17-12-25-24(21(16)17)28-27-14)13-9-19(30-2)23(29)20(10-13)31-3/h5-10,12,22,25,28-29H,4,11H2,1-3H3. The van der Waals surface area contributed by atoms with Gasteiger partial charge in [0.25, 0.3) is 0 Å². The zero-order valence-corrected chi connectivity index (χ0v) is 17.7. The normalized spacial score (nSPS) is 16.7. The topological polar surface area (TPSA) is 91.2 Å². The van der Waals surface area contributed by atoms with Crippen molar-refractivity contribution in [1.82, 2.24) is 4.98 Å². The summed E-state index contributed by atoms with van der Waals surface area (Å²) in [5, 5.41) is 17.0. The number of nitrogens with one attached hydrogen (secondary N) is 2. The van der Waals surface area contributed by atoms with Gasteiger partial charge in [0, 0.05) is 34.7 Å². The van der Waals surface area contributed by atoms with Gasteiger partial charge in [0.1, 0.15) is 11.9 Å². The number of aromatic nitrogens is 1. The highest BCUT2D eigenvalue weighted by Gasteiger charge is 2.29. The van der Waals surface area contributed by atoms with E-state index in [4.69, 9.17) is 14.5 Å². The zero-order chi connectivity index (χ0) is 21.5. The molecule has 5 rings (SSSR count). The molecule has 1 atom stereocenters. The molecule has 1 aromatic heterocycles. The number of nitrogens with zero attached hydrogens (tertiary/aromatic N) is 2. The SMILES string of the molecule is CCC1=NNc2[nH]cc3c2C(=c2ccccc2=NC3c2cc(OC)c(O)c(OC)c2)C1. The van der Waals surface area contributed by atoms with Crippen LogP contribution in [0.2, 0.25) is 0 Å². The average Bonchev–Trinajstić information content (AvgIpc) is 3.05. The Kier molecular flexibility index (Phi) is 4.66. The Morgan fingerprint density at radius 1 is 1.13 bits per heavy atom. The van der Waals surface area contributed by atoms with Gasteiger partial charge >= 0.3 is 0 Å². The van der Waals surface area contributed by atoms with Crippen molar-refractivity contribution in [2.45, 2.75) is 25.8 Å². The van der Waals surface area contributed by atoms with Gasteiger partial charge in [-0.25, -0.2) is 0 Å². The third kappa shape index (κ3) is 3.04. The summed E-state index contributed by atoms with van der Waals surface area (Å²) in [6, 6.07) is 11.5. The molecule has 2 aliphatic heterocycles. The van der Waals surface area contributed by atoms with Gasteiger partial charge in [-0.3, -0.25) is 10.4 Å². The van der Waals surface area contributed by atoms with Crippen LogP contribution in [0.25, 0.3) is 5.57 Å². The first-order valence-corrected chi connectivity index (χ1v) is 10.3. The van der Waals surface area contributed by atoms with Crippen molar-refractivity contribution in [2.24, 2.45) is 10.1 Å². The summed E-state index contributed by atoms with van der Waals surface area (Å²) in [4.78, 5) is 8.50. The molecule has 0 amide bonds.